The summed E-state index contributed by atoms with van der Waals surface area (Å²) in [6.45, 7) is 3.18. The molecule has 0 saturated carbocycles. The molecule has 0 aromatic heterocycles. The lowest BCUT2D eigenvalue weighted by Crippen LogP contribution is -2.16. The van der Waals surface area contributed by atoms with Crippen molar-refractivity contribution in [3.63, 3.8) is 0 Å². The lowest BCUT2D eigenvalue weighted by atomic mass is 10.0. The fourth-order valence-corrected chi connectivity index (χ4v) is 2.99. The Hall–Kier alpha value is -0.370. The van der Waals surface area contributed by atoms with Crippen LogP contribution in [0.1, 0.15) is 110 Å². The largest absolute Gasteiger partial charge is 0.309 e. The van der Waals surface area contributed by atoms with Gasteiger partial charge in [0, 0.05) is 19.4 Å². The van der Waals surface area contributed by atoms with Crippen LogP contribution in [-0.2, 0) is 4.79 Å². The second-order valence-electron chi connectivity index (χ2n) is 7.44. The Balaban J connectivity index is 3.09. The number of carbonyl (C=O) groups is 1. The van der Waals surface area contributed by atoms with Crippen LogP contribution in [0.3, 0.4) is 0 Å². The Kier molecular flexibility index (Phi) is 17.7. The van der Waals surface area contributed by atoms with Crippen LogP contribution in [0.25, 0.3) is 0 Å². The zero-order valence-electron chi connectivity index (χ0n) is 16.4. The Morgan fingerprint density at radius 1 is 0.609 bits per heavy atom. The lowest BCUT2D eigenvalue weighted by Gasteiger charge is -2.08. The van der Waals surface area contributed by atoms with Crippen molar-refractivity contribution in [2.24, 2.45) is 0 Å². The van der Waals surface area contributed by atoms with E-state index in [2.05, 4.69) is 11.8 Å². The van der Waals surface area contributed by atoms with Crippen molar-refractivity contribution >= 4 is 5.78 Å². The molecule has 0 aliphatic heterocycles. The number of unbranched alkanes of at least 4 members (excludes halogenated alkanes) is 13. The standard InChI is InChI=1S/C21H43NO/c1-4-5-6-7-8-9-10-11-12-13-14-15-16-17-18-21(23)19-20-22(2)3/h4-20H2,1-3H3. The molecule has 2 heteroatoms. The first-order chi connectivity index (χ1) is 11.2. The minimum atomic E-state index is 0.442. The minimum Gasteiger partial charge on any atom is -0.309 e. The quantitative estimate of drug-likeness (QED) is 0.273. The van der Waals surface area contributed by atoms with Crippen molar-refractivity contribution in [1.82, 2.24) is 4.90 Å². The first-order valence-electron chi connectivity index (χ1n) is 10.3. The van der Waals surface area contributed by atoms with Crippen LogP contribution in [0.4, 0.5) is 0 Å². The summed E-state index contributed by atoms with van der Waals surface area (Å²) in [5.41, 5.74) is 0. The average Bonchev–Trinajstić information content (AvgIpc) is 2.53. The molecule has 0 unspecified atom stereocenters. The molecular weight excluding hydrogens is 282 g/mol. The maximum absolute atomic E-state index is 11.6. The van der Waals surface area contributed by atoms with Gasteiger partial charge in [-0.3, -0.25) is 4.79 Å². The Morgan fingerprint density at radius 3 is 1.39 bits per heavy atom. The van der Waals surface area contributed by atoms with Gasteiger partial charge in [0.05, 0.1) is 0 Å². The van der Waals surface area contributed by atoms with Gasteiger partial charge in [-0.05, 0) is 20.5 Å². The van der Waals surface area contributed by atoms with Crippen molar-refractivity contribution in [1.29, 1.82) is 0 Å². The summed E-state index contributed by atoms with van der Waals surface area (Å²) in [5.74, 6) is 0.442. The van der Waals surface area contributed by atoms with E-state index >= 15 is 0 Å². The molecule has 0 fully saturated rings. The van der Waals surface area contributed by atoms with Gasteiger partial charge in [0.15, 0.2) is 0 Å². The highest BCUT2D eigenvalue weighted by Crippen LogP contribution is 2.13. The maximum Gasteiger partial charge on any atom is 0.134 e. The summed E-state index contributed by atoms with van der Waals surface area (Å²) in [6.07, 6.45) is 20.8. The first kappa shape index (κ1) is 22.6. The van der Waals surface area contributed by atoms with Gasteiger partial charge in [-0.1, -0.05) is 90.4 Å². The van der Waals surface area contributed by atoms with Crippen LogP contribution in [0.15, 0.2) is 0 Å². The molecule has 0 rings (SSSR count). The summed E-state index contributed by atoms with van der Waals surface area (Å²) in [6, 6.07) is 0. The monoisotopic (exact) mass is 325 g/mol. The van der Waals surface area contributed by atoms with E-state index in [0.29, 0.717) is 5.78 Å². The first-order valence-corrected chi connectivity index (χ1v) is 10.3. The molecule has 0 aromatic carbocycles. The highest BCUT2D eigenvalue weighted by Gasteiger charge is 2.02. The van der Waals surface area contributed by atoms with E-state index < -0.39 is 0 Å². The van der Waals surface area contributed by atoms with Gasteiger partial charge in [-0.2, -0.15) is 0 Å². The molecule has 0 aliphatic rings. The minimum absolute atomic E-state index is 0.442. The highest BCUT2D eigenvalue weighted by atomic mass is 16.1. The SMILES string of the molecule is CCCCCCCCCCCCCCCCC(=O)CCN(C)C. The fourth-order valence-electron chi connectivity index (χ4n) is 2.99. The van der Waals surface area contributed by atoms with Crippen LogP contribution >= 0.6 is 0 Å². The van der Waals surface area contributed by atoms with Gasteiger partial charge in [0.25, 0.3) is 0 Å². The van der Waals surface area contributed by atoms with Crippen molar-refractivity contribution in [2.75, 3.05) is 20.6 Å². The number of carbonyl (C=O) groups excluding carboxylic acids is 1. The van der Waals surface area contributed by atoms with E-state index in [1.807, 2.05) is 14.1 Å². The maximum atomic E-state index is 11.6. The number of hydrogen-bond acceptors (Lipinski definition) is 2. The molecule has 2 nitrogen and oxygen atoms in total. The number of Topliss-reactive ketones (excluding diaryl/α,β-unsaturated/α-hetero) is 1. The van der Waals surface area contributed by atoms with Gasteiger partial charge in [-0.25, -0.2) is 0 Å². The van der Waals surface area contributed by atoms with E-state index in [4.69, 9.17) is 0 Å². The van der Waals surface area contributed by atoms with E-state index in [1.54, 1.807) is 0 Å². The highest BCUT2D eigenvalue weighted by molar-refractivity contribution is 5.78. The lowest BCUT2D eigenvalue weighted by molar-refractivity contribution is -0.119. The van der Waals surface area contributed by atoms with E-state index in [9.17, 15) is 4.79 Å². The van der Waals surface area contributed by atoms with Gasteiger partial charge in [-0.15, -0.1) is 0 Å². The third kappa shape index (κ3) is 19.6. The third-order valence-electron chi connectivity index (χ3n) is 4.65. The summed E-state index contributed by atoms with van der Waals surface area (Å²) in [4.78, 5) is 13.7. The second kappa shape index (κ2) is 18.0. The molecule has 23 heavy (non-hydrogen) atoms. The van der Waals surface area contributed by atoms with E-state index in [1.165, 1.54) is 83.5 Å². The molecule has 0 bridgehead atoms. The number of hydrogen-bond donors (Lipinski definition) is 0. The third-order valence-corrected chi connectivity index (χ3v) is 4.65. The van der Waals surface area contributed by atoms with Crippen molar-refractivity contribution in [2.45, 2.75) is 110 Å². The molecule has 0 aliphatic carbocycles. The molecule has 0 radical (unpaired) electrons. The number of ketones is 1. The summed E-state index contributed by atoms with van der Waals surface area (Å²) in [5, 5.41) is 0. The van der Waals surface area contributed by atoms with Gasteiger partial charge >= 0.3 is 0 Å². The molecule has 0 spiro atoms. The predicted octanol–water partition coefficient (Wildman–Crippen LogP) is 6.38. The van der Waals surface area contributed by atoms with E-state index in [-0.39, 0.29) is 0 Å². The predicted molar refractivity (Wildman–Crippen MR) is 103 cm³/mol. The summed E-state index contributed by atoms with van der Waals surface area (Å²) >= 11 is 0. The smallest absolute Gasteiger partial charge is 0.134 e. The molecule has 0 amide bonds. The van der Waals surface area contributed by atoms with Crippen LogP contribution in [0, 0.1) is 0 Å². The average molecular weight is 326 g/mol. The zero-order chi connectivity index (χ0) is 17.2. The van der Waals surface area contributed by atoms with Crippen LogP contribution in [0.5, 0.6) is 0 Å². The molecule has 138 valence electrons. The topological polar surface area (TPSA) is 20.3 Å². The van der Waals surface area contributed by atoms with Crippen molar-refractivity contribution in [3.8, 4) is 0 Å². The molecule has 0 aromatic rings. The summed E-state index contributed by atoms with van der Waals surface area (Å²) < 4.78 is 0. The molecular formula is C21H43NO. The molecule has 0 N–H and O–H groups in total. The zero-order valence-corrected chi connectivity index (χ0v) is 16.4. The number of nitrogens with zero attached hydrogens (tertiary/aromatic N) is 1. The van der Waals surface area contributed by atoms with E-state index in [0.717, 1.165) is 25.8 Å². The van der Waals surface area contributed by atoms with Gasteiger partial charge in [0.2, 0.25) is 0 Å². The van der Waals surface area contributed by atoms with Crippen LogP contribution in [-0.4, -0.2) is 31.3 Å². The van der Waals surface area contributed by atoms with Gasteiger partial charge in [0.1, 0.15) is 5.78 Å². The van der Waals surface area contributed by atoms with Crippen LogP contribution in [0.2, 0.25) is 0 Å². The molecule has 0 saturated heterocycles. The van der Waals surface area contributed by atoms with Gasteiger partial charge < -0.3 is 4.90 Å². The molecule has 0 atom stereocenters. The van der Waals surface area contributed by atoms with Crippen LogP contribution < -0.4 is 0 Å². The molecule has 0 heterocycles. The Bertz CT molecular complexity index is 250. The normalized spacial score (nSPS) is 11.3. The number of rotatable bonds is 18. The Labute approximate surface area is 146 Å². The summed E-state index contributed by atoms with van der Waals surface area (Å²) in [7, 11) is 4.06. The fraction of sp³-hybridized carbons (Fsp3) is 0.952. The second-order valence-corrected chi connectivity index (χ2v) is 7.44. The van der Waals surface area contributed by atoms with Crippen molar-refractivity contribution < 1.29 is 4.79 Å². The Morgan fingerprint density at radius 2 is 1.00 bits per heavy atom. The van der Waals surface area contributed by atoms with Crippen molar-refractivity contribution in [3.05, 3.63) is 0 Å².